The Labute approximate surface area is 86.7 Å². The predicted octanol–water partition coefficient (Wildman–Crippen LogP) is 2.07. The van der Waals surface area contributed by atoms with Gasteiger partial charge in [0.1, 0.15) is 5.03 Å². The molecule has 0 aliphatic heterocycles. The van der Waals surface area contributed by atoms with E-state index in [-0.39, 0.29) is 10.4 Å². The maximum atomic E-state index is 10.5. The van der Waals surface area contributed by atoms with Crippen molar-refractivity contribution in [1.29, 1.82) is 0 Å². The largest absolute Gasteiger partial charge is 0.476 e. The van der Waals surface area contributed by atoms with Crippen LogP contribution in [0, 0.1) is 0 Å². The summed E-state index contributed by atoms with van der Waals surface area (Å²) < 4.78 is 0.0550. The fourth-order valence-electron chi connectivity index (χ4n) is 0.802. The molecule has 0 bridgehead atoms. The Morgan fingerprint density at radius 1 is 1.36 bits per heavy atom. The highest BCUT2D eigenvalue weighted by atomic mass is 32.2. The van der Waals surface area contributed by atoms with Gasteiger partial charge in [-0.05, 0) is 12.1 Å². The van der Waals surface area contributed by atoms with Crippen molar-refractivity contribution in [3.8, 4) is 0 Å². The maximum Gasteiger partial charge on any atom is 0.356 e. The number of hydrogen-bond acceptors (Lipinski definition) is 4. The van der Waals surface area contributed by atoms with Crippen molar-refractivity contribution in [2.24, 2.45) is 0 Å². The van der Waals surface area contributed by atoms with E-state index < -0.39 is 5.97 Å². The first-order chi connectivity index (χ1) is 6.38. The van der Waals surface area contributed by atoms with Crippen molar-refractivity contribution in [3.05, 3.63) is 17.8 Å². The monoisotopic (exact) mass is 212 g/mol. The van der Waals surface area contributed by atoms with Gasteiger partial charge in [-0.15, -0.1) is 10.2 Å². The molecule has 0 aliphatic carbocycles. The summed E-state index contributed by atoms with van der Waals surface area (Å²) in [6, 6.07) is 3.13. The van der Waals surface area contributed by atoms with Gasteiger partial charge in [-0.25, -0.2) is 4.79 Å². The van der Waals surface area contributed by atoms with Crippen molar-refractivity contribution < 1.29 is 9.90 Å². The van der Waals surface area contributed by atoms with Gasteiger partial charge in [0.05, 0.1) is 0 Å². The van der Waals surface area contributed by atoms with E-state index in [2.05, 4.69) is 31.0 Å². The van der Waals surface area contributed by atoms with E-state index in [1.54, 1.807) is 17.8 Å². The van der Waals surface area contributed by atoms with Gasteiger partial charge in [0.15, 0.2) is 5.69 Å². The highest BCUT2D eigenvalue weighted by molar-refractivity contribution is 8.00. The molecule has 0 amide bonds. The summed E-state index contributed by atoms with van der Waals surface area (Å²) in [5.41, 5.74) is -0.0248. The molecule has 0 radical (unpaired) electrons. The second-order valence-corrected chi connectivity index (χ2v) is 5.62. The minimum atomic E-state index is -1.05. The van der Waals surface area contributed by atoms with Gasteiger partial charge in [0.25, 0.3) is 0 Å². The zero-order valence-corrected chi connectivity index (χ0v) is 9.13. The van der Waals surface area contributed by atoms with Crippen molar-refractivity contribution in [1.82, 2.24) is 10.2 Å². The molecule has 4 nitrogen and oxygen atoms in total. The molecule has 0 atom stereocenters. The number of aromatic nitrogens is 2. The molecule has 0 fully saturated rings. The van der Waals surface area contributed by atoms with Crippen molar-refractivity contribution >= 4 is 17.7 Å². The summed E-state index contributed by atoms with van der Waals surface area (Å²) in [5, 5.41) is 16.7. The van der Waals surface area contributed by atoms with Crippen molar-refractivity contribution in [2.45, 2.75) is 30.5 Å². The van der Waals surface area contributed by atoms with Crippen LogP contribution >= 0.6 is 11.8 Å². The lowest BCUT2D eigenvalue weighted by atomic mass is 10.3. The fourth-order valence-corrected chi connectivity index (χ4v) is 1.65. The lowest BCUT2D eigenvalue weighted by Gasteiger charge is -2.15. The molecule has 14 heavy (non-hydrogen) atoms. The summed E-state index contributed by atoms with van der Waals surface area (Å²) in [6.07, 6.45) is 0. The van der Waals surface area contributed by atoms with Gasteiger partial charge >= 0.3 is 5.97 Å². The van der Waals surface area contributed by atoms with E-state index in [1.165, 1.54) is 6.07 Å². The van der Waals surface area contributed by atoms with E-state index in [1.807, 2.05) is 0 Å². The molecule has 1 heterocycles. The summed E-state index contributed by atoms with van der Waals surface area (Å²) >= 11 is 1.55. The number of aromatic carboxylic acids is 1. The number of carbonyl (C=O) groups is 1. The molecule has 0 aliphatic rings. The van der Waals surface area contributed by atoms with Gasteiger partial charge < -0.3 is 5.11 Å². The highest BCUT2D eigenvalue weighted by Crippen LogP contribution is 2.29. The second-order valence-electron chi connectivity index (χ2n) is 3.78. The summed E-state index contributed by atoms with van der Waals surface area (Å²) in [6.45, 7) is 6.18. The van der Waals surface area contributed by atoms with Crippen LogP contribution < -0.4 is 0 Å². The second kappa shape index (κ2) is 3.96. The minimum Gasteiger partial charge on any atom is -0.476 e. The quantitative estimate of drug-likeness (QED) is 0.760. The molecule has 76 valence electrons. The molecule has 0 saturated heterocycles. The van der Waals surface area contributed by atoms with Crippen LogP contribution in [-0.4, -0.2) is 26.0 Å². The molecule has 1 aromatic heterocycles. The molecule has 0 saturated carbocycles. The van der Waals surface area contributed by atoms with E-state index >= 15 is 0 Å². The molecule has 1 aromatic rings. The van der Waals surface area contributed by atoms with Gasteiger partial charge in [-0.1, -0.05) is 32.5 Å². The lowest BCUT2D eigenvalue weighted by Crippen LogP contribution is -2.08. The smallest absolute Gasteiger partial charge is 0.356 e. The summed E-state index contributed by atoms with van der Waals surface area (Å²) in [7, 11) is 0. The number of rotatable bonds is 2. The van der Waals surface area contributed by atoms with E-state index in [0.717, 1.165) is 5.03 Å². The average Bonchev–Trinajstić information content (AvgIpc) is 2.02. The van der Waals surface area contributed by atoms with Gasteiger partial charge in [-0.2, -0.15) is 0 Å². The number of nitrogens with zero attached hydrogens (tertiary/aromatic N) is 2. The zero-order chi connectivity index (χ0) is 10.8. The minimum absolute atomic E-state index is 0.0248. The standard InChI is InChI=1S/C9H12N2O2S/c1-9(2,3)14-7-5-4-6(8(12)13)10-11-7/h4-5H,1-3H3,(H,12,13). The molecule has 0 aromatic carbocycles. The molecule has 1 rings (SSSR count). The summed E-state index contributed by atoms with van der Waals surface area (Å²) in [4.78, 5) is 10.5. The Hall–Kier alpha value is -1.10. The fraction of sp³-hybridized carbons (Fsp3) is 0.444. The SMILES string of the molecule is CC(C)(C)Sc1ccc(C(=O)O)nn1. The van der Waals surface area contributed by atoms with Crippen LogP contribution in [0.2, 0.25) is 0 Å². The number of carboxylic acid groups (broad SMARTS) is 1. The third-order valence-corrected chi connectivity index (χ3v) is 2.31. The van der Waals surface area contributed by atoms with Crippen LogP contribution in [-0.2, 0) is 0 Å². The van der Waals surface area contributed by atoms with Crippen LogP contribution in [0.1, 0.15) is 31.3 Å². The van der Waals surface area contributed by atoms with Crippen LogP contribution in [0.15, 0.2) is 17.2 Å². The number of hydrogen-bond donors (Lipinski definition) is 1. The molecule has 0 unspecified atom stereocenters. The zero-order valence-electron chi connectivity index (χ0n) is 8.31. The van der Waals surface area contributed by atoms with Crippen LogP contribution in [0.4, 0.5) is 0 Å². The molecular weight excluding hydrogens is 200 g/mol. The van der Waals surface area contributed by atoms with Crippen LogP contribution in [0.25, 0.3) is 0 Å². The maximum absolute atomic E-state index is 10.5. The predicted molar refractivity (Wildman–Crippen MR) is 54.6 cm³/mol. The molecule has 0 spiro atoms. The third-order valence-electron chi connectivity index (χ3n) is 1.27. The van der Waals surface area contributed by atoms with E-state index in [9.17, 15) is 4.79 Å². The lowest BCUT2D eigenvalue weighted by molar-refractivity contribution is 0.0689. The van der Waals surface area contributed by atoms with Gasteiger partial charge in [0, 0.05) is 4.75 Å². The van der Waals surface area contributed by atoms with E-state index in [0.29, 0.717) is 0 Å². The highest BCUT2D eigenvalue weighted by Gasteiger charge is 2.14. The Bertz CT molecular complexity index is 330. The third kappa shape index (κ3) is 3.33. The average molecular weight is 212 g/mol. The topological polar surface area (TPSA) is 63.1 Å². The van der Waals surface area contributed by atoms with Gasteiger partial charge in [-0.3, -0.25) is 0 Å². The Morgan fingerprint density at radius 3 is 2.36 bits per heavy atom. The molecule has 1 N–H and O–H groups in total. The number of thioether (sulfide) groups is 1. The number of carboxylic acids is 1. The van der Waals surface area contributed by atoms with E-state index in [4.69, 9.17) is 5.11 Å². The molecule has 5 heteroatoms. The first-order valence-electron chi connectivity index (χ1n) is 4.14. The van der Waals surface area contributed by atoms with Gasteiger partial charge in [0.2, 0.25) is 0 Å². The van der Waals surface area contributed by atoms with Crippen molar-refractivity contribution in [2.75, 3.05) is 0 Å². The van der Waals surface area contributed by atoms with Crippen LogP contribution in [0.3, 0.4) is 0 Å². The summed E-state index contributed by atoms with van der Waals surface area (Å²) in [5.74, 6) is -1.05. The Kier molecular flexibility index (Phi) is 3.10. The Morgan fingerprint density at radius 2 is 2.00 bits per heavy atom. The first kappa shape index (κ1) is 11.0. The van der Waals surface area contributed by atoms with Crippen LogP contribution in [0.5, 0.6) is 0 Å². The first-order valence-corrected chi connectivity index (χ1v) is 4.96. The van der Waals surface area contributed by atoms with Crippen molar-refractivity contribution in [3.63, 3.8) is 0 Å². The normalized spacial score (nSPS) is 11.4. The molecular formula is C9H12N2O2S. The Balaban J connectivity index is 2.79.